The van der Waals surface area contributed by atoms with Crippen LogP contribution in [0.25, 0.3) is 0 Å². The largest absolute Gasteiger partial charge is 0.358 e. The Bertz CT molecular complexity index is 797. The summed E-state index contributed by atoms with van der Waals surface area (Å²) in [5.74, 6) is 2.19. The normalized spacial score (nSPS) is 17.4. The highest BCUT2D eigenvalue weighted by Crippen LogP contribution is 2.23. The molecule has 3 rings (SSSR count). The Hall–Kier alpha value is -2.28. The number of hydrogen-bond donors (Lipinski definition) is 1. The predicted molar refractivity (Wildman–Crippen MR) is 99.6 cm³/mol. The summed E-state index contributed by atoms with van der Waals surface area (Å²) in [7, 11) is 1.69. The van der Waals surface area contributed by atoms with Crippen LogP contribution in [0.4, 0.5) is 0 Å². The number of rotatable bonds is 5. The van der Waals surface area contributed by atoms with Crippen LogP contribution < -0.4 is 5.32 Å². The number of amides is 1. The van der Waals surface area contributed by atoms with Gasteiger partial charge in [0.1, 0.15) is 17.7 Å². The molecule has 140 valence electrons. The van der Waals surface area contributed by atoms with Crippen molar-refractivity contribution in [2.24, 2.45) is 0 Å². The summed E-state index contributed by atoms with van der Waals surface area (Å²) in [6.07, 6.45) is 0.879. The van der Waals surface area contributed by atoms with Crippen molar-refractivity contribution in [3.8, 4) is 0 Å². The number of nitrogens with one attached hydrogen (secondary N) is 1. The summed E-state index contributed by atoms with van der Waals surface area (Å²) >= 11 is 0. The van der Waals surface area contributed by atoms with E-state index in [9.17, 15) is 4.79 Å². The Morgan fingerprint density at radius 3 is 2.77 bits per heavy atom. The fourth-order valence-electron chi connectivity index (χ4n) is 3.48. The van der Waals surface area contributed by atoms with Crippen molar-refractivity contribution in [2.75, 3.05) is 7.05 Å². The smallest absolute Gasteiger partial charge is 0.238 e. The SMILES string of the molecule is CCc1nc(C(C)C)ccc1CN1Cc2nnc(C)n2CC1C(=O)NC. The fraction of sp³-hybridized carbons (Fsp3) is 0.579. The molecule has 0 radical (unpaired) electrons. The van der Waals surface area contributed by atoms with E-state index in [1.807, 2.05) is 11.5 Å². The van der Waals surface area contributed by atoms with Gasteiger partial charge in [0.15, 0.2) is 0 Å². The average molecular weight is 356 g/mol. The summed E-state index contributed by atoms with van der Waals surface area (Å²) in [6.45, 7) is 10.2. The third-order valence-electron chi connectivity index (χ3n) is 5.09. The number of carbonyl (C=O) groups is 1. The fourth-order valence-corrected chi connectivity index (χ4v) is 3.48. The zero-order valence-corrected chi connectivity index (χ0v) is 16.3. The molecule has 1 N–H and O–H groups in total. The van der Waals surface area contributed by atoms with E-state index in [1.54, 1.807) is 7.05 Å². The highest BCUT2D eigenvalue weighted by Gasteiger charge is 2.33. The van der Waals surface area contributed by atoms with Crippen LogP contribution in [-0.2, 0) is 30.8 Å². The molecule has 0 aliphatic carbocycles. The number of hydrogen-bond acceptors (Lipinski definition) is 5. The van der Waals surface area contributed by atoms with Gasteiger partial charge in [-0.15, -0.1) is 10.2 Å². The maximum absolute atomic E-state index is 12.5. The minimum atomic E-state index is -0.239. The molecule has 0 spiro atoms. The Morgan fingerprint density at radius 1 is 1.35 bits per heavy atom. The molecule has 7 heteroatoms. The van der Waals surface area contributed by atoms with Crippen LogP contribution in [0.2, 0.25) is 0 Å². The number of pyridine rings is 1. The van der Waals surface area contributed by atoms with E-state index in [1.165, 1.54) is 5.56 Å². The number of likely N-dealkylation sites (N-methyl/N-ethyl adjacent to an activating group) is 1. The van der Waals surface area contributed by atoms with E-state index >= 15 is 0 Å². The van der Waals surface area contributed by atoms with E-state index < -0.39 is 0 Å². The van der Waals surface area contributed by atoms with Crippen molar-refractivity contribution in [3.63, 3.8) is 0 Å². The van der Waals surface area contributed by atoms with Gasteiger partial charge in [-0.3, -0.25) is 14.7 Å². The molecular weight excluding hydrogens is 328 g/mol. The van der Waals surface area contributed by atoms with Gasteiger partial charge in [0.05, 0.1) is 13.1 Å². The maximum Gasteiger partial charge on any atom is 0.238 e. The molecule has 0 saturated carbocycles. The number of aryl methyl sites for hydroxylation is 2. The van der Waals surface area contributed by atoms with Crippen LogP contribution in [0.1, 0.15) is 55.3 Å². The van der Waals surface area contributed by atoms with Crippen LogP contribution in [0.3, 0.4) is 0 Å². The van der Waals surface area contributed by atoms with Crippen LogP contribution in [0.5, 0.6) is 0 Å². The lowest BCUT2D eigenvalue weighted by atomic mass is 10.0. The maximum atomic E-state index is 12.5. The van der Waals surface area contributed by atoms with E-state index in [0.717, 1.165) is 29.5 Å². The van der Waals surface area contributed by atoms with Gasteiger partial charge in [-0.1, -0.05) is 26.8 Å². The monoisotopic (exact) mass is 356 g/mol. The minimum Gasteiger partial charge on any atom is -0.358 e. The van der Waals surface area contributed by atoms with Crippen molar-refractivity contribution < 1.29 is 4.79 Å². The zero-order chi connectivity index (χ0) is 18.8. The molecule has 26 heavy (non-hydrogen) atoms. The predicted octanol–water partition coefficient (Wildman–Crippen LogP) is 1.80. The molecule has 7 nitrogen and oxygen atoms in total. The standard InChI is InChI=1S/C19H28N6O/c1-6-15-14(7-8-16(21-15)12(2)3)9-24-11-18-23-22-13(4)25(18)10-17(24)19(26)20-5/h7-8,12,17H,6,9-11H2,1-5H3,(H,20,26). The number of fused-ring (bicyclic) bond motifs is 1. The highest BCUT2D eigenvalue weighted by molar-refractivity contribution is 5.81. The number of aromatic nitrogens is 4. The van der Waals surface area contributed by atoms with Crippen molar-refractivity contribution in [3.05, 3.63) is 40.7 Å². The Morgan fingerprint density at radius 2 is 2.12 bits per heavy atom. The summed E-state index contributed by atoms with van der Waals surface area (Å²) in [6, 6.07) is 4.02. The van der Waals surface area contributed by atoms with Gasteiger partial charge in [0, 0.05) is 25.0 Å². The molecule has 1 amide bonds. The first-order valence-electron chi connectivity index (χ1n) is 9.27. The van der Waals surface area contributed by atoms with E-state index in [-0.39, 0.29) is 11.9 Å². The van der Waals surface area contributed by atoms with E-state index in [2.05, 4.69) is 53.3 Å². The van der Waals surface area contributed by atoms with Crippen molar-refractivity contribution in [1.82, 2.24) is 30.0 Å². The summed E-state index contributed by atoms with van der Waals surface area (Å²) in [5.41, 5.74) is 3.40. The summed E-state index contributed by atoms with van der Waals surface area (Å²) in [4.78, 5) is 19.5. The highest BCUT2D eigenvalue weighted by atomic mass is 16.2. The molecule has 3 heterocycles. The van der Waals surface area contributed by atoms with Crippen molar-refractivity contribution in [1.29, 1.82) is 0 Å². The lowest BCUT2D eigenvalue weighted by molar-refractivity contribution is -0.127. The van der Waals surface area contributed by atoms with Crippen LogP contribution in [0, 0.1) is 6.92 Å². The van der Waals surface area contributed by atoms with E-state index in [0.29, 0.717) is 25.6 Å². The molecule has 1 aliphatic heterocycles. The van der Waals surface area contributed by atoms with Gasteiger partial charge in [0.25, 0.3) is 0 Å². The molecule has 0 fully saturated rings. The lowest BCUT2D eigenvalue weighted by Gasteiger charge is -2.35. The molecule has 0 saturated heterocycles. The molecule has 2 aromatic rings. The van der Waals surface area contributed by atoms with Gasteiger partial charge >= 0.3 is 0 Å². The topological polar surface area (TPSA) is 75.9 Å². The first-order valence-corrected chi connectivity index (χ1v) is 9.27. The number of carbonyl (C=O) groups excluding carboxylic acids is 1. The third-order valence-corrected chi connectivity index (χ3v) is 5.09. The Balaban J connectivity index is 1.90. The Labute approximate surface area is 154 Å². The lowest BCUT2D eigenvalue weighted by Crippen LogP contribution is -2.51. The van der Waals surface area contributed by atoms with Crippen LogP contribution in [0.15, 0.2) is 12.1 Å². The quantitative estimate of drug-likeness (QED) is 0.884. The molecule has 1 atom stereocenters. The summed E-state index contributed by atoms with van der Waals surface area (Å²) in [5, 5.41) is 11.2. The molecule has 1 aliphatic rings. The van der Waals surface area contributed by atoms with Gasteiger partial charge in [-0.25, -0.2) is 0 Å². The van der Waals surface area contributed by atoms with Crippen molar-refractivity contribution in [2.45, 2.75) is 65.7 Å². The Kier molecular flexibility index (Phi) is 5.36. The molecule has 0 aromatic carbocycles. The molecule has 1 unspecified atom stereocenters. The first-order chi connectivity index (χ1) is 12.4. The van der Waals surface area contributed by atoms with E-state index in [4.69, 9.17) is 4.98 Å². The second-order valence-corrected chi connectivity index (χ2v) is 7.16. The zero-order valence-electron chi connectivity index (χ0n) is 16.3. The number of nitrogens with zero attached hydrogens (tertiary/aromatic N) is 5. The van der Waals surface area contributed by atoms with Gasteiger partial charge in [-0.05, 0) is 30.9 Å². The van der Waals surface area contributed by atoms with Crippen LogP contribution >= 0.6 is 0 Å². The first kappa shape index (κ1) is 18.5. The van der Waals surface area contributed by atoms with Crippen molar-refractivity contribution >= 4 is 5.91 Å². The van der Waals surface area contributed by atoms with Gasteiger partial charge < -0.3 is 9.88 Å². The second kappa shape index (κ2) is 7.53. The average Bonchev–Trinajstić information content (AvgIpc) is 3.00. The molecular formula is C19H28N6O. The summed E-state index contributed by atoms with van der Waals surface area (Å²) < 4.78 is 2.04. The second-order valence-electron chi connectivity index (χ2n) is 7.16. The third kappa shape index (κ3) is 3.49. The van der Waals surface area contributed by atoms with Crippen LogP contribution in [-0.4, -0.2) is 43.6 Å². The van der Waals surface area contributed by atoms with Gasteiger partial charge in [0.2, 0.25) is 5.91 Å². The minimum absolute atomic E-state index is 0.0218. The van der Waals surface area contributed by atoms with Gasteiger partial charge in [-0.2, -0.15) is 0 Å². The molecule has 2 aromatic heterocycles. The molecule has 0 bridgehead atoms.